The Balaban J connectivity index is 2.91. The van der Waals surface area contributed by atoms with E-state index in [-0.39, 0.29) is 24.7 Å². The lowest BCUT2D eigenvalue weighted by atomic mass is 10.0. The van der Waals surface area contributed by atoms with Crippen molar-refractivity contribution in [2.24, 2.45) is 5.92 Å². The number of hydrogen-bond donors (Lipinski definition) is 4. The average molecular weight is 421 g/mol. The molecule has 1 aromatic carbocycles. The van der Waals surface area contributed by atoms with Crippen molar-refractivity contribution in [3.8, 4) is 0 Å². The van der Waals surface area contributed by atoms with Crippen molar-refractivity contribution in [3.05, 3.63) is 30.3 Å². The second-order valence-electron chi connectivity index (χ2n) is 7.44. The fourth-order valence-electron chi connectivity index (χ4n) is 2.75. The van der Waals surface area contributed by atoms with Crippen LogP contribution in [-0.2, 0) is 23.9 Å². The van der Waals surface area contributed by atoms with Gasteiger partial charge in [0.1, 0.15) is 12.1 Å². The maximum absolute atomic E-state index is 12.9. The minimum Gasteiger partial charge on any atom is -0.480 e. The molecule has 0 spiro atoms. The van der Waals surface area contributed by atoms with E-state index in [0.29, 0.717) is 12.1 Å². The molecule has 0 saturated heterocycles. The third-order valence-corrected chi connectivity index (χ3v) is 4.38. The van der Waals surface area contributed by atoms with E-state index < -0.39 is 36.0 Å². The lowest BCUT2D eigenvalue weighted by molar-refractivity contribution is -0.141. The molecule has 166 valence electrons. The highest BCUT2D eigenvalue weighted by Gasteiger charge is 2.29. The Morgan fingerprint density at radius 3 is 2.17 bits per heavy atom. The number of amides is 2. The molecule has 0 heterocycles. The normalized spacial score (nSPS) is 13.8. The van der Waals surface area contributed by atoms with Gasteiger partial charge in [-0.15, -0.1) is 0 Å². The molecule has 3 atom stereocenters. The summed E-state index contributed by atoms with van der Waals surface area (Å²) in [6.07, 6.45) is 0.354. The molecule has 1 rings (SSSR count). The first-order chi connectivity index (χ1) is 14.1. The number of hydrogen-bond acceptors (Lipinski definition) is 6. The summed E-state index contributed by atoms with van der Waals surface area (Å²) in [5.41, 5.74) is 0.602. The van der Waals surface area contributed by atoms with Gasteiger partial charge in [0.15, 0.2) is 0 Å². The van der Waals surface area contributed by atoms with Crippen LogP contribution in [0.4, 0.5) is 5.69 Å². The maximum Gasteiger partial charge on any atom is 0.320 e. The molecule has 9 heteroatoms. The van der Waals surface area contributed by atoms with Gasteiger partial charge < -0.3 is 20.5 Å². The Hall–Kier alpha value is -2.94. The highest BCUT2D eigenvalue weighted by atomic mass is 16.5. The number of ether oxygens (including phenoxy) is 1. The van der Waals surface area contributed by atoms with Crippen LogP contribution in [-0.4, -0.2) is 54.1 Å². The van der Waals surface area contributed by atoms with Gasteiger partial charge in [-0.25, -0.2) is 0 Å². The standard InChI is InChI=1S/C21H31N3O6/c1-13(2)12-17(20(27)23-15-8-6-5-7-9-15)24-19(26)16(10-11-18(25)30-4)22-14(3)21(28)29/h5-9,13-14,16-17,22H,10-12H2,1-4H3,(H,23,27)(H,24,26)(H,28,29)/t14-,16+,17+/m1/s1. The zero-order valence-corrected chi connectivity index (χ0v) is 17.8. The minimum atomic E-state index is -1.13. The molecule has 0 unspecified atom stereocenters. The van der Waals surface area contributed by atoms with Crippen molar-refractivity contribution in [2.45, 2.75) is 58.2 Å². The van der Waals surface area contributed by atoms with Crippen molar-refractivity contribution in [2.75, 3.05) is 12.4 Å². The number of carboxylic acid groups (broad SMARTS) is 1. The third-order valence-electron chi connectivity index (χ3n) is 4.38. The molecule has 0 radical (unpaired) electrons. The van der Waals surface area contributed by atoms with Crippen LogP contribution in [0.15, 0.2) is 30.3 Å². The highest BCUT2D eigenvalue weighted by molar-refractivity contribution is 5.98. The van der Waals surface area contributed by atoms with Gasteiger partial charge in [0, 0.05) is 12.1 Å². The van der Waals surface area contributed by atoms with Gasteiger partial charge in [-0.3, -0.25) is 24.5 Å². The summed E-state index contributed by atoms with van der Waals surface area (Å²) in [4.78, 5) is 48.2. The third kappa shape index (κ3) is 9.04. The first kappa shape index (κ1) is 25.1. The molecule has 1 aromatic rings. The predicted molar refractivity (Wildman–Crippen MR) is 112 cm³/mol. The summed E-state index contributed by atoms with van der Waals surface area (Å²) < 4.78 is 4.59. The maximum atomic E-state index is 12.9. The van der Waals surface area contributed by atoms with Crippen molar-refractivity contribution in [3.63, 3.8) is 0 Å². The van der Waals surface area contributed by atoms with Crippen molar-refractivity contribution in [1.29, 1.82) is 0 Å². The van der Waals surface area contributed by atoms with Crippen molar-refractivity contribution in [1.82, 2.24) is 10.6 Å². The van der Waals surface area contributed by atoms with Crippen LogP contribution in [0.25, 0.3) is 0 Å². The molecule has 2 amide bonds. The Bertz CT molecular complexity index is 723. The summed E-state index contributed by atoms with van der Waals surface area (Å²) in [6, 6.07) is 6.06. The minimum absolute atomic E-state index is 0.0326. The second kappa shape index (κ2) is 12.6. The molecule has 0 aliphatic heterocycles. The number of para-hydroxylation sites is 1. The number of anilines is 1. The van der Waals surface area contributed by atoms with Gasteiger partial charge in [0.25, 0.3) is 0 Å². The van der Waals surface area contributed by atoms with Gasteiger partial charge >= 0.3 is 11.9 Å². The number of carbonyl (C=O) groups excluding carboxylic acids is 3. The Morgan fingerprint density at radius 1 is 1.00 bits per heavy atom. The fourth-order valence-corrected chi connectivity index (χ4v) is 2.75. The molecule has 30 heavy (non-hydrogen) atoms. The fraction of sp³-hybridized carbons (Fsp3) is 0.524. The zero-order chi connectivity index (χ0) is 22.7. The summed E-state index contributed by atoms with van der Waals surface area (Å²) in [7, 11) is 1.23. The number of aliphatic carboxylic acids is 1. The van der Waals surface area contributed by atoms with Crippen LogP contribution in [0, 0.1) is 5.92 Å². The Morgan fingerprint density at radius 2 is 1.63 bits per heavy atom. The summed E-state index contributed by atoms with van der Waals surface area (Å²) in [5.74, 6) is -2.46. The molecule has 4 N–H and O–H groups in total. The van der Waals surface area contributed by atoms with E-state index in [1.54, 1.807) is 24.3 Å². The number of methoxy groups -OCH3 is 1. The second-order valence-corrected chi connectivity index (χ2v) is 7.44. The number of nitrogens with one attached hydrogen (secondary N) is 3. The predicted octanol–water partition coefficient (Wildman–Crippen LogP) is 1.54. The molecular formula is C21H31N3O6. The summed E-state index contributed by atoms with van der Waals surface area (Å²) >= 11 is 0. The van der Waals surface area contributed by atoms with Crippen molar-refractivity contribution < 1.29 is 29.0 Å². The van der Waals surface area contributed by atoms with E-state index >= 15 is 0 Å². The smallest absolute Gasteiger partial charge is 0.320 e. The quantitative estimate of drug-likeness (QED) is 0.376. The molecular weight excluding hydrogens is 390 g/mol. The zero-order valence-electron chi connectivity index (χ0n) is 17.8. The van der Waals surface area contributed by atoms with E-state index in [1.165, 1.54) is 14.0 Å². The van der Waals surface area contributed by atoms with Crippen LogP contribution in [0.2, 0.25) is 0 Å². The van der Waals surface area contributed by atoms with E-state index in [9.17, 15) is 19.2 Å². The van der Waals surface area contributed by atoms with Gasteiger partial charge in [0.2, 0.25) is 11.8 Å². The molecule has 0 aliphatic carbocycles. The lowest BCUT2D eigenvalue weighted by Crippen LogP contribution is -2.54. The number of benzene rings is 1. The number of rotatable bonds is 12. The molecule has 9 nitrogen and oxygen atoms in total. The first-order valence-corrected chi connectivity index (χ1v) is 9.86. The van der Waals surface area contributed by atoms with Crippen LogP contribution in [0.1, 0.15) is 40.0 Å². The monoisotopic (exact) mass is 421 g/mol. The molecule has 0 saturated carbocycles. The Kier molecular flexibility index (Phi) is 10.5. The van der Waals surface area contributed by atoms with E-state index in [2.05, 4.69) is 20.7 Å². The molecule has 0 aromatic heterocycles. The van der Waals surface area contributed by atoms with Crippen LogP contribution in [0.3, 0.4) is 0 Å². The number of esters is 1. The van der Waals surface area contributed by atoms with Gasteiger partial charge in [0.05, 0.1) is 13.2 Å². The SMILES string of the molecule is COC(=O)CC[C@H](N[C@H](C)C(=O)O)C(=O)N[C@@H](CC(C)C)C(=O)Nc1ccccc1. The first-order valence-electron chi connectivity index (χ1n) is 9.86. The van der Waals surface area contributed by atoms with Gasteiger partial charge in [-0.2, -0.15) is 0 Å². The van der Waals surface area contributed by atoms with E-state index in [0.717, 1.165) is 0 Å². The number of carbonyl (C=O) groups is 4. The van der Waals surface area contributed by atoms with Gasteiger partial charge in [-0.05, 0) is 37.8 Å². The molecule has 0 fully saturated rings. The van der Waals surface area contributed by atoms with Gasteiger partial charge in [-0.1, -0.05) is 32.0 Å². The molecule has 0 aliphatic rings. The lowest BCUT2D eigenvalue weighted by Gasteiger charge is -2.25. The largest absolute Gasteiger partial charge is 0.480 e. The number of carboxylic acids is 1. The average Bonchev–Trinajstić information content (AvgIpc) is 2.70. The summed E-state index contributed by atoms with van der Waals surface area (Å²) in [6.45, 7) is 5.25. The molecule has 0 bridgehead atoms. The van der Waals surface area contributed by atoms with Crippen LogP contribution in [0.5, 0.6) is 0 Å². The van der Waals surface area contributed by atoms with Crippen LogP contribution >= 0.6 is 0 Å². The summed E-state index contributed by atoms with van der Waals surface area (Å²) in [5, 5.41) is 17.3. The van der Waals surface area contributed by atoms with Crippen molar-refractivity contribution >= 4 is 29.4 Å². The highest BCUT2D eigenvalue weighted by Crippen LogP contribution is 2.11. The van der Waals surface area contributed by atoms with E-state index in [1.807, 2.05) is 19.9 Å². The van der Waals surface area contributed by atoms with Crippen LogP contribution < -0.4 is 16.0 Å². The Labute approximate surface area is 176 Å². The van der Waals surface area contributed by atoms with E-state index in [4.69, 9.17) is 5.11 Å². The topological polar surface area (TPSA) is 134 Å².